The van der Waals surface area contributed by atoms with E-state index in [1.54, 1.807) is 7.11 Å². The molecule has 0 amide bonds. The van der Waals surface area contributed by atoms with Crippen LogP contribution in [0.3, 0.4) is 0 Å². The number of benzene rings is 1. The molecule has 2 heteroatoms. The highest BCUT2D eigenvalue weighted by molar-refractivity contribution is 5.32. The fourth-order valence-corrected chi connectivity index (χ4v) is 3.59. The van der Waals surface area contributed by atoms with Gasteiger partial charge >= 0.3 is 0 Å². The number of ether oxygens (including phenoxy) is 1. The van der Waals surface area contributed by atoms with E-state index in [4.69, 9.17) is 4.74 Å². The van der Waals surface area contributed by atoms with E-state index in [0.717, 1.165) is 24.2 Å². The van der Waals surface area contributed by atoms with Crippen LogP contribution in [-0.4, -0.2) is 12.2 Å². The van der Waals surface area contributed by atoms with Gasteiger partial charge < -0.3 is 9.84 Å². The number of rotatable bonds is 4. The molecule has 19 heavy (non-hydrogen) atoms. The van der Waals surface area contributed by atoms with Gasteiger partial charge in [-0.1, -0.05) is 44.7 Å². The number of hydrogen-bond acceptors (Lipinski definition) is 2. The van der Waals surface area contributed by atoms with E-state index in [-0.39, 0.29) is 0 Å². The number of aliphatic hydroxyl groups is 1. The van der Waals surface area contributed by atoms with Crippen molar-refractivity contribution in [3.05, 3.63) is 29.8 Å². The van der Waals surface area contributed by atoms with Crippen LogP contribution in [0.5, 0.6) is 5.75 Å². The summed E-state index contributed by atoms with van der Waals surface area (Å²) in [6.07, 6.45) is 6.08. The van der Waals surface area contributed by atoms with Gasteiger partial charge in [0.1, 0.15) is 5.75 Å². The molecule has 3 atom stereocenters. The SMILES string of the molecule is CCC1CCCCC1C(C)(O)c1cccc(OC)c1. The highest BCUT2D eigenvalue weighted by Crippen LogP contribution is 2.44. The smallest absolute Gasteiger partial charge is 0.119 e. The Morgan fingerprint density at radius 2 is 2.05 bits per heavy atom. The Kier molecular flexibility index (Phi) is 4.51. The average Bonchev–Trinajstić information content (AvgIpc) is 2.47. The van der Waals surface area contributed by atoms with Crippen molar-refractivity contribution in [2.24, 2.45) is 11.8 Å². The summed E-state index contributed by atoms with van der Waals surface area (Å²) >= 11 is 0. The molecule has 1 aliphatic rings. The van der Waals surface area contributed by atoms with Gasteiger partial charge in [-0.05, 0) is 42.9 Å². The van der Waals surface area contributed by atoms with Gasteiger partial charge in [-0.15, -0.1) is 0 Å². The Balaban J connectivity index is 2.28. The second kappa shape index (κ2) is 5.96. The molecule has 0 radical (unpaired) electrons. The molecule has 1 aromatic carbocycles. The van der Waals surface area contributed by atoms with Crippen LogP contribution < -0.4 is 4.74 Å². The molecule has 2 rings (SSSR count). The van der Waals surface area contributed by atoms with Gasteiger partial charge in [0.2, 0.25) is 0 Å². The summed E-state index contributed by atoms with van der Waals surface area (Å²) in [6.45, 7) is 4.21. The van der Waals surface area contributed by atoms with E-state index >= 15 is 0 Å². The fraction of sp³-hybridized carbons (Fsp3) is 0.647. The Hall–Kier alpha value is -1.02. The molecule has 1 N–H and O–H groups in total. The maximum Gasteiger partial charge on any atom is 0.119 e. The molecular formula is C17H26O2. The van der Waals surface area contributed by atoms with E-state index in [1.165, 1.54) is 19.3 Å². The molecule has 106 valence electrons. The Morgan fingerprint density at radius 3 is 2.74 bits per heavy atom. The lowest BCUT2D eigenvalue weighted by atomic mass is 9.67. The van der Waals surface area contributed by atoms with E-state index in [9.17, 15) is 5.11 Å². The van der Waals surface area contributed by atoms with Crippen LogP contribution in [0.1, 0.15) is 51.5 Å². The van der Waals surface area contributed by atoms with Crippen LogP contribution in [0.15, 0.2) is 24.3 Å². The maximum absolute atomic E-state index is 11.1. The average molecular weight is 262 g/mol. The summed E-state index contributed by atoms with van der Waals surface area (Å²) in [5.41, 5.74) is 0.229. The molecule has 0 bridgehead atoms. The van der Waals surface area contributed by atoms with Gasteiger partial charge in [0.05, 0.1) is 12.7 Å². The lowest BCUT2D eigenvalue weighted by Crippen LogP contribution is -2.38. The van der Waals surface area contributed by atoms with Crippen molar-refractivity contribution in [3.8, 4) is 5.75 Å². The molecule has 1 saturated carbocycles. The van der Waals surface area contributed by atoms with Gasteiger partial charge in [-0.2, -0.15) is 0 Å². The van der Waals surface area contributed by atoms with Crippen molar-refractivity contribution in [2.45, 2.75) is 51.6 Å². The van der Waals surface area contributed by atoms with Crippen LogP contribution in [0.2, 0.25) is 0 Å². The molecular weight excluding hydrogens is 236 g/mol. The van der Waals surface area contributed by atoms with Crippen molar-refractivity contribution in [3.63, 3.8) is 0 Å². The van der Waals surface area contributed by atoms with Crippen molar-refractivity contribution in [1.82, 2.24) is 0 Å². The van der Waals surface area contributed by atoms with Gasteiger partial charge in [-0.25, -0.2) is 0 Å². The zero-order chi connectivity index (χ0) is 13.9. The lowest BCUT2D eigenvalue weighted by molar-refractivity contribution is -0.0490. The van der Waals surface area contributed by atoms with E-state index in [1.807, 2.05) is 31.2 Å². The number of hydrogen-bond donors (Lipinski definition) is 1. The molecule has 3 unspecified atom stereocenters. The maximum atomic E-state index is 11.1. The van der Waals surface area contributed by atoms with Crippen molar-refractivity contribution in [1.29, 1.82) is 0 Å². The van der Waals surface area contributed by atoms with Crippen molar-refractivity contribution >= 4 is 0 Å². The second-order valence-electron chi connectivity index (χ2n) is 5.94. The van der Waals surface area contributed by atoms with Crippen LogP contribution in [0.25, 0.3) is 0 Å². The van der Waals surface area contributed by atoms with E-state index < -0.39 is 5.60 Å². The molecule has 1 fully saturated rings. The molecule has 0 heterocycles. The molecule has 1 aromatic rings. The van der Waals surface area contributed by atoms with Gasteiger partial charge in [0, 0.05) is 0 Å². The standard InChI is InChI=1S/C17H26O2/c1-4-13-8-5-6-11-16(13)17(2,18)14-9-7-10-15(12-14)19-3/h7,9-10,12-13,16,18H,4-6,8,11H2,1-3H3. The minimum absolute atomic E-state index is 0.360. The quantitative estimate of drug-likeness (QED) is 0.884. The monoisotopic (exact) mass is 262 g/mol. The molecule has 1 aliphatic carbocycles. The minimum Gasteiger partial charge on any atom is -0.497 e. The van der Waals surface area contributed by atoms with Crippen molar-refractivity contribution < 1.29 is 9.84 Å². The van der Waals surface area contributed by atoms with Crippen LogP contribution >= 0.6 is 0 Å². The third-order valence-electron chi connectivity index (χ3n) is 4.81. The molecule has 0 saturated heterocycles. The predicted octanol–water partition coefficient (Wildman–Crippen LogP) is 4.12. The Morgan fingerprint density at radius 1 is 1.32 bits per heavy atom. The zero-order valence-corrected chi connectivity index (χ0v) is 12.4. The highest BCUT2D eigenvalue weighted by Gasteiger charge is 2.39. The summed E-state index contributed by atoms with van der Waals surface area (Å²) in [4.78, 5) is 0. The summed E-state index contributed by atoms with van der Waals surface area (Å²) in [6, 6.07) is 7.88. The normalized spacial score (nSPS) is 26.7. The van der Waals surface area contributed by atoms with Crippen LogP contribution in [0.4, 0.5) is 0 Å². The fourth-order valence-electron chi connectivity index (χ4n) is 3.59. The molecule has 2 nitrogen and oxygen atoms in total. The summed E-state index contributed by atoms with van der Waals surface area (Å²) < 4.78 is 5.28. The second-order valence-corrected chi connectivity index (χ2v) is 5.94. The first-order valence-corrected chi connectivity index (χ1v) is 7.46. The zero-order valence-electron chi connectivity index (χ0n) is 12.4. The van der Waals surface area contributed by atoms with E-state index in [0.29, 0.717) is 11.8 Å². The number of methoxy groups -OCH3 is 1. The van der Waals surface area contributed by atoms with Crippen LogP contribution in [0, 0.1) is 11.8 Å². The topological polar surface area (TPSA) is 29.5 Å². The molecule has 0 spiro atoms. The van der Waals surface area contributed by atoms with Crippen LogP contribution in [-0.2, 0) is 5.60 Å². The first-order chi connectivity index (χ1) is 9.09. The molecule has 0 aromatic heterocycles. The highest BCUT2D eigenvalue weighted by atomic mass is 16.5. The first-order valence-electron chi connectivity index (χ1n) is 7.46. The summed E-state index contributed by atoms with van der Waals surface area (Å²) in [7, 11) is 1.67. The van der Waals surface area contributed by atoms with Gasteiger partial charge in [-0.3, -0.25) is 0 Å². The summed E-state index contributed by atoms with van der Waals surface area (Å²) in [5.74, 6) is 1.81. The van der Waals surface area contributed by atoms with Crippen molar-refractivity contribution in [2.75, 3.05) is 7.11 Å². The Bertz CT molecular complexity index is 411. The Labute approximate surface area is 116 Å². The summed E-state index contributed by atoms with van der Waals surface area (Å²) in [5, 5.41) is 11.1. The van der Waals surface area contributed by atoms with Gasteiger partial charge in [0.15, 0.2) is 0 Å². The third kappa shape index (κ3) is 2.94. The van der Waals surface area contributed by atoms with Gasteiger partial charge in [0.25, 0.3) is 0 Å². The largest absolute Gasteiger partial charge is 0.497 e. The minimum atomic E-state index is -0.754. The molecule has 0 aliphatic heterocycles. The van der Waals surface area contributed by atoms with E-state index in [2.05, 4.69) is 6.92 Å². The first kappa shape index (κ1) is 14.4. The predicted molar refractivity (Wildman–Crippen MR) is 78.3 cm³/mol. The lowest BCUT2D eigenvalue weighted by Gasteiger charge is -2.41. The third-order valence-corrected chi connectivity index (χ3v) is 4.81.